The molecule has 2 aromatic carbocycles. The number of aromatic nitrogens is 1. The first-order valence-corrected chi connectivity index (χ1v) is 7.71. The van der Waals surface area contributed by atoms with Crippen molar-refractivity contribution in [1.82, 2.24) is 4.57 Å². The maximum Gasteiger partial charge on any atom is 0.119 e. The molecule has 122 valence electrons. The van der Waals surface area contributed by atoms with Gasteiger partial charge in [-0.2, -0.15) is 0 Å². The third-order valence-corrected chi connectivity index (χ3v) is 3.82. The number of aryl methyl sites for hydroxylation is 1. The molecule has 3 aromatic rings. The Balaban J connectivity index is 1.80. The van der Waals surface area contributed by atoms with Gasteiger partial charge in [-0.15, -0.1) is 0 Å². The first-order valence-electron chi connectivity index (χ1n) is 7.71. The highest BCUT2D eigenvalue weighted by Gasteiger charge is 2.03. The van der Waals surface area contributed by atoms with E-state index in [-0.39, 0.29) is 0 Å². The Hall–Kier alpha value is -3.01. The summed E-state index contributed by atoms with van der Waals surface area (Å²) < 4.78 is 12.5. The van der Waals surface area contributed by atoms with Gasteiger partial charge in [0.25, 0.3) is 0 Å². The monoisotopic (exact) mass is 320 g/mol. The summed E-state index contributed by atoms with van der Waals surface area (Å²) in [5, 5.41) is 0. The van der Waals surface area contributed by atoms with Gasteiger partial charge in [-0.3, -0.25) is 4.99 Å². The van der Waals surface area contributed by atoms with Crippen LogP contribution in [0.3, 0.4) is 0 Å². The number of rotatable bonds is 5. The maximum absolute atomic E-state index is 5.21. The van der Waals surface area contributed by atoms with Crippen LogP contribution in [-0.2, 0) is 0 Å². The molecule has 1 heterocycles. The highest BCUT2D eigenvalue weighted by atomic mass is 16.5. The fourth-order valence-electron chi connectivity index (χ4n) is 2.51. The Morgan fingerprint density at radius 1 is 0.875 bits per heavy atom. The lowest BCUT2D eigenvalue weighted by molar-refractivity contribution is 0.414. The molecule has 0 N–H and O–H groups in total. The van der Waals surface area contributed by atoms with Crippen LogP contribution in [0.4, 0.5) is 5.69 Å². The van der Waals surface area contributed by atoms with E-state index in [1.165, 1.54) is 0 Å². The molecule has 0 radical (unpaired) electrons. The molecule has 0 bridgehead atoms. The second-order valence-electron chi connectivity index (χ2n) is 5.44. The van der Waals surface area contributed by atoms with Crippen molar-refractivity contribution in [3.8, 4) is 17.2 Å². The van der Waals surface area contributed by atoms with E-state index in [9.17, 15) is 0 Å². The summed E-state index contributed by atoms with van der Waals surface area (Å²) in [5.74, 6) is 1.68. The number of aliphatic imine (C=N–C) groups is 1. The third kappa shape index (κ3) is 3.49. The van der Waals surface area contributed by atoms with Crippen molar-refractivity contribution in [2.24, 2.45) is 4.99 Å². The van der Waals surface area contributed by atoms with Gasteiger partial charge in [-0.25, -0.2) is 0 Å². The predicted molar refractivity (Wildman–Crippen MR) is 97.3 cm³/mol. The van der Waals surface area contributed by atoms with Crippen molar-refractivity contribution in [1.29, 1.82) is 0 Å². The van der Waals surface area contributed by atoms with Crippen molar-refractivity contribution in [2.45, 2.75) is 6.92 Å². The van der Waals surface area contributed by atoms with E-state index in [1.807, 2.05) is 54.7 Å². The summed E-state index contributed by atoms with van der Waals surface area (Å²) in [6.45, 7) is 2.08. The first-order chi connectivity index (χ1) is 11.7. The average Bonchev–Trinajstić information content (AvgIpc) is 3.01. The van der Waals surface area contributed by atoms with E-state index < -0.39 is 0 Å². The van der Waals surface area contributed by atoms with Crippen molar-refractivity contribution >= 4 is 11.9 Å². The van der Waals surface area contributed by atoms with Crippen molar-refractivity contribution in [3.05, 3.63) is 72.1 Å². The van der Waals surface area contributed by atoms with Crippen LogP contribution in [0.15, 0.2) is 65.8 Å². The van der Waals surface area contributed by atoms with Crippen LogP contribution in [0.25, 0.3) is 5.69 Å². The van der Waals surface area contributed by atoms with Crippen LogP contribution in [-0.4, -0.2) is 25.0 Å². The molecule has 1 aromatic heterocycles. The van der Waals surface area contributed by atoms with Gasteiger partial charge in [-0.05, 0) is 61.5 Å². The van der Waals surface area contributed by atoms with Crippen molar-refractivity contribution < 1.29 is 9.47 Å². The Morgan fingerprint density at radius 2 is 1.46 bits per heavy atom. The quantitative estimate of drug-likeness (QED) is 0.646. The minimum absolute atomic E-state index is 0.829. The Labute approximate surface area is 142 Å². The minimum Gasteiger partial charge on any atom is -0.497 e. The van der Waals surface area contributed by atoms with Gasteiger partial charge in [0.05, 0.1) is 19.9 Å². The molecule has 0 atom stereocenters. The summed E-state index contributed by atoms with van der Waals surface area (Å²) in [6, 6.07) is 17.8. The molecule has 3 rings (SSSR count). The first kappa shape index (κ1) is 15.9. The highest BCUT2D eigenvalue weighted by Crippen LogP contribution is 2.20. The summed E-state index contributed by atoms with van der Waals surface area (Å²) in [6.07, 6.45) is 3.94. The number of ether oxygens (including phenoxy) is 2. The molecule has 0 saturated heterocycles. The zero-order valence-corrected chi connectivity index (χ0v) is 14.1. The van der Waals surface area contributed by atoms with Gasteiger partial charge in [0.2, 0.25) is 0 Å². The molecule has 24 heavy (non-hydrogen) atoms. The van der Waals surface area contributed by atoms with Crippen molar-refractivity contribution in [3.63, 3.8) is 0 Å². The Bertz CT molecular complexity index is 831. The normalized spacial score (nSPS) is 11.0. The largest absolute Gasteiger partial charge is 0.497 e. The van der Waals surface area contributed by atoms with Crippen LogP contribution in [0.5, 0.6) is 11.5 Å². The summed E-state index contributed by atoms with van der Waals surface area (Å²) in [5.41, 5.74) is 4.19. The number of hydrogen-bond donors (Lipinski definition) is 0. The van der Waals surface area contributed by atoms with Crippen LogP contribution >= 0.6 is 0 Å². The topological polar surface area (TPSA) is 35.8 Å². The van der Waals surface area contributed by atoms with E-state index in [1.54, 1.807) is 14.2 Å². The standard InChI is InChI=1S/C20H20N2O2/c1-15-12-16(13-21-17-4-8-19(23-2)9-5-17)14-22(15)18-6-10-20(24-3)11-7-18/h4-14H,1-3H3. The van der Waals surface area contributed by atoms with Gasteiger partial charge in [0.1, 0.15) is 11.5 Å². The molecule has 0 aliphatic carbocycles. The lowest BCUT2D eigenvalue weighted by Crippen LogP contribution is -1.94. The second-order valence-corrected chi connectivity index (χ2v) is 5.44. The third-order valence-electron chi connectivity index (χ3n) is 3.82. The van der Waals surface area contributed by atoms with Gasteiger partial charge in [0, 0.05) is 29.4 Å². The van der Waals surface area contributed by atoms with E-state index in [2.05, 4.69) is 28.7 Å². The van der Waals surface area contributed by atoms with Crippen LogP contribution < -0.4 is 9.47 Å². The van der Waals surface area contributed by atoms with Gasteiger partial charge in [-0.1, -0.05) is 0 Å². The van der Waals surface area contributed by atoms with Crippen LogP contribution in [0.1, 0.15) is 11.3 Å². The van der Waals surface area contributed by atoms with E-state index in [4.69, 9.17) is 9.47 Å². The van der Waals surface area contributed by atoms with Crippen LogP contribution in [0.2, 0.25) is 0 Å². The molecule has 0 aliphatic rings. The zero-order valence-electron chi connectivity index (χ0n) is 14.1. The average molecular weight is 320 g/mol. The van der Waals surface area contributed by atoms with E-state index in [0.717, 1.165) is 34.1 Å². The number of methoxy groups -OCH3 is 2. The lowest BCUT2D eigenvalue weighted by atomic mass is 10.3. The molecule has 0 fully saturated rings. The van der Waals surface area contributed by atoms with Crippen LogP contribution in [0, 0.1) is 6.92 Å². The minimum atomic E-state index is 0.829. The fourth-order valence-corrected chi connectivity index (χ4v) is 2.51. The summed E-state index contributed by atoms with van der Waals surface area (Å²) in [4.78, 5) is 4.51. The molecule has 4 heteroatoms. The fraction of sp³-hybridized carbons (Fsp3) is 0.150. The van der Waals surface area contributed by atoms with Gasteiger partial charge < -0.3 is 14.0 Å². The maximum atomic E-state index is 5.21. The molecule has 0 saturated carbocycles. The predicted octanol–water partition coefficient (Wildman–Crippen LogP) is 4.55. The molecule has 0 amide bonds. The zero-order chi connectivity index (χ0) is 16.9. The molecular weight excluding hydrogens is 300 g/mol. The molecule has 0 spiro atoms. The summed E-state index contributed by atoms with van der Waals surface area (Å²) >= 11 is 0. The molecule has 0 aliphatic heterocycles. The second kappa shape index (κ2) is 7.04. The van der Waals surface area contributed by atoms with E-state index >= 15 is 0 Å². The number of hydrogen-bond acceptors (Lipinski definition) is 3. The molecule has 4 nitrogen and oxygen atoms in total. The van der Waals surface area contributed by atoms with Gasteiger partial charge in [0.15, 0.2) is 0 Å². The molecular formula is C20H20N2O2. The van der Waals surface area contributed by atoms with E-state index in [0.29, 0.717) is 0 Å². The Kier molecular flexibility index (Phi) is 4.66. The smallest absolute Gasteiger partial charge is 0.119 e. The SMILES string of the molecule is COc1ccc(N=Cc2cc(C)n(-c3ccc(OC)cc3)c2)cc1. The van der Waals surface area contributed by atoms with Gasteiger partial charge >= 0.3 is 0 Å². The number of nitrogens with zero attached hydrogens (tertiary/aromatic N) is 2. The highest BCUT2D eigenvalue weighted by molar-refractivity contribution is 5.82. The summed E-state index contributed by atoms with van der Waals surface area (Å²) in [7, 11) is 3.33. The van der Waals surface area contributed by atoms with Crippen molar-refractivity contribution in [2.75, 3.05) is 14.2 Å². The molecule has 0 unspecified atom stereocenters. The Morgan fingerprint density at radius 3 is 2.04 bits per heavy atom. The lowest BCUT2D eigenvalue weighted by Gasteiger charge is -2.06. The number of benzene rings is 2.